The summed E-state index contributed by atoms with van der Waals surface area (Å²) in [6.45, 7) is 3.40. The number of benzene rings is 2. The van der Waals surface area contributed by atoms with E-state index in [1.807, 2.05) is 31.2 Å². The summed E-state index contributed by atoms with van der Waals surface area (Å²) in [6.07, 6.45) is 3.99. The van der Waals surface area contributed by atoms with Crippen LogP contribution in [0.4, 0.5) is 15.9 Å². The smallest absolute Gasteiger partial charge is 0.341 e. The second-order valence-corrected chi connectivity index (χ2v) is 9.62. The van der Waals surface area contributed by atoms with Gasteiger partial charge in [0.25, 0.3) is 5.91 Å². The summed E-state index contributed by atoms with van der Waals surface area (Å²) in [4.78, 5) is 31.5. The number of fused-ring (bicyclic) bond motifs is 3. The van der Waals surface area contributed by atoms with Crippen LogP contribution in [0.3, 0.4) is 0 Å². The fourth-order valence-electron chi connectivity index (χ4n) is 5.29. The lowest BCUT2D eigenvalue weighted by atomic mass is 9.74. The van der Waals surface area contributed by atoms with E-state index in [-0.39, 0.29) is 33.9 Å². The molecule has 6 rings (SSSR count). The molecule has 1 amide bonds. The third kappa shape index (κ3) is 3.85. The third-order valence-electron chi connectivity index (χ3n) is 7.30. The van der Waals surface area contributed by atoms with Crippen molar-refractivity contribution in [1.29, 1.82) is 0 Å². The fraction of sp³-hybridized carbons (Fsp3) is 0.259. The van der Waals surface area contributed by atoms with Gasteiger partial charge in [-0.2, -0.15) is 9.61 Å². The first-order chi connectivity index (χ1) is 17.8. The maximum absolute atomic E-state index is 13.8. The minimum absolute atomic E-state index is 0.0532. The fourth-order valence-corrected chi connectivity index (χ4v) is 5.29. The van der Waals surface area contributed by atoms with Crippen LogP contribution in [0.5, 0.6) is 5.75 Å². The number of piperidine rings is 1. The number of nitrogens with zero attached hydrogens (tertiary/aromatic N) is 4. The highest BCUT2D eigenvalue weighted by molar-refractivity contribution is 6.01. The molecule has 2 N–H and O–H groups in total. The van der Waals surface area contributed by atoms with Crippen LogP contribution in [0.2, 0.25) is 0 Å². The lowest BCUT2D eigenvalue weighted by molar-refractivity contribution is 0.0645. The number of rotatable bonds is 4. The molecule has 2 aliphatic heterocycles. The lowest BCUT2D eigenvalue weighted by Gasteiger charge is -2.38. The molecule has 0 aliphatic carbocycles. The Kier molecular flexibility index (Phi) is 5.32. The summed E-state index contributed by atoms with van der Waals surface area (Å²) < 4.78 is 20.8. The minimum Gasteiger partial charge on any atom is -0.492 e. The quantitative estimate of drug-likeness (QED) is 0.432. The van der Waals surface area contributed by atoms with Gasteiger partial charge in [-0.3, -0.25) is 4.79 Å². The molecule has 1 spiro atoms. The highest BCUT2D eigenvalue weighted by Gasteiger charge is 2.44. The number of ether oxygens (including phenoxy) is 1. The van der Waals surface area contributed by atoms with Crippen molar-refractivity contribution in [2.24, 2.45) is 0 Å². The molecule has 10 heteroatoms. The van der Waals surface area contributed by atoms with Gasteiger partial charge < -0.3 is 20.1 Å². The summed E-state index contributed by atoms with van der Waals surface area (Å²) in [5.41, 5.74) is 2.88. The Morgan fingerprint density at radius 2 is 1.92 bits per heavy atom. The van der Waals surface area contributed by atoms with Crippen LogP contribution < -0.4 is 10.1 Å². The van der Waals surface area contributed by atoms with Gasteiger partial charge in [0.15, 0.2) is 5.65 Å². The Morgan fingerprint density at radius 3 is 2.68 bits per heavy atom. The number of hydrogen-bond acceptors (Lipinski definition) is 6. The van der Waals surface area contributed by atoms with Gasteiger partial charge in [0, 0.05) is 42.0 Å². The van der Waals surface area contributed by atoms with E-state index >= 15 is 0 Å². The van der Waals surface area contributed by atoms with Crippen LogP contribution in [0, 0.1) is 12.7 Å². The maximum atomic E-state index is 13.8. The van der Waals surface area contributed by atoms with Crippen molar-refractivity contribution in [2.75, 3.05) is 25.0 Å². The molecule has 188 valence electrons. The van der Waals surface area contributed by atoms with Gasteiger partial charge in [-0.15, -0.1) is 0 Å². The number of hydrogen-bond donors (Lipinski definition) is 2. The molecule has 4 heterocycles. The Hall–Kier alpha value is -4.47. The molecule has 37 heavy (non-hydrogen) atoms. The molecular formula is C27H24FN5O4. The van der Waals surface area contributed by atoms with Crippen LogP contribution in [0.1, 0.15) is 44.7 Å². The number of halogens is 1. The number of aromatic nitrogens is 3. The van der Waals surface area contributed by atoms with E-state index in [2.05, 4.69) is 15.4 Å². The number of likely N-dealkylation sites (tertiary alicyclic amines) is 1. The highest BCUT2D eigenvalue weighted by atomic mass is 19.1. The molecule has 0 saturated carbocycles. The maximum Gasteiger partial charge on any atom is 0.341 e. The Bertz CT molecular complexity index is 1560. The molecule has 9 nitrogen and oxygen atoms in total. The first kappa shape index (κ1) is 23.0. The zero-order valence-electron chi connectivity index (χ0n) is 20.1. The van der Waals surface area contributed by atoms with Crippen LogP contribution >= 0.6 is 0 Å². The summed E-state index contributed by atoms with van der Waals surface area (Å²) in [5.74, 6) is -0.789. The minimum atomic E-state index is -1.15. The number of nitrogens with one attached hydrogen (secondary N) is 1. The van der Waals surface area contributed by atoms with E-state index in [4.69, 9.17) is 4.74 Å². The number of carbonyl (C=O) groups is 2. The molecule has 0 atom stereocenters. The zero-order valence-corrected chi connectivity index (χ0v) is 20.1. The van der Waals surface area contributed by atoms with Crippen molar-refractivity contribution >= 4 is 29.0 Å². The number of carboxylic acid groups (broad SMARTS) is 1. The van der Waals surface area contributed by atoms with Crippen LogP contribution in [-0.2, 0) is 5.41 Å². The SMILES string of the molecule is Cc1cccc(Nc2c(C(=O)N3CCC4(CC3)COc3cc(F)ccc34)cnc3c(C(=O)O)cnn23)c1. The number of anilines is 2. The van der Waals surface area contributed by atoms with Gasteiger partial charge in [0.1, 0.15) is 28.5 Å². The van der Waals surface area contributed by atoms with E-state index in [0.29, 0.717) is 44.1 Å². The largest absolute Gasteiger partial charge is 0.492 e. The number of carbonyl (C=O) groups excluding carboxylic acids is 1. The number of carboxylic acids is 1. The second-order valence-electron chi connectivity index (χ2n) is 9.62. The predicted octanol–water partition coefficient (Wildman–Crippen LogP) is 4.19. The average Bonchev–Trinajstić information content (AvgIpc) is 3.47. The van der Waals surface area contributed by atoms with Crippen molar-refractivity contribution in [2.45, 2.75) is 25.2 Å². The van der Waals surface area contributed by atoms with Crippen molar-refractivity contribution in [3.05, 3.63) is 82.9 Å². The Morgan fingerprint density at radius 1 is 1.11 bits per heavy atom. The molecule has 0 bridgehead atoms. The molecule has 0 radical (unpaired) electrons. The summed E-state index contributed by atoms with van der Waals surface area (Å²) in [6, 6.07) is 12.3. The van der Waals surface area contributed by atoms with Gasteiger partial charge in [-0.1, -0.05) is 18.2 Å². The van der Waals surface area contributed by atoms with Gasteiger partial charge in [0.05, 0.1) is 12.8 Å². The second kappa shape index (κ2) is 8.58. The lowest BCUT2D eigenvalue weighted by Crippen LogP contribution is -2.46. The zero-order chi connectivity index (χ0) is 25.7. The number of amides is 1. The molecule has 1 fully saturated rings. The standard InChI is InChI=1S/C27H24FN5O4/c1-16-3-2-4-18(11-16)31-24-19(13-29-23-20(26(35)36)14-30-33(23)24)25(34)32-9-7-27(8-10-32)15-37-22-12-17(28)5-6-21(22)27/h2-6,11-14,31H,7-10,15H2,1H3,(H,35,36). The van der Waals surface area contributed by atoms with E-state index in [9.17, 15) is 19.1 Å². The van der Waals surface area contributed by atoms with Crippen molar-refractivity contribution < 1.29 is 23.8 Å². The van der Waals surface area contributed by atoms with Crippen LogP contribution in [-0.4, -0.2) is 56.2 Å². The molecule has 0 unspecified atom stereocenters. The van der Waals surface area contributed by atoms with Crippen molar-refractivity contribution in [3.8, 4) is 5.75 Å². The monoisotopic (exact) mass is 501 g/mol. The van der Waals surface area contributed by atoms with Gasteiger partial charge in [-0.05, 0) is 43.5 Å². The molecule has 4 aromatic rings. The molecule has 1 saturated heterocycles. The average molecular weight is 502 g/mol. The van der Waals surface area contributed by atoms with Gasteiger partial charge >= 0.3 is 5.97 Å². The summed E-state index contributed by atoms with van der Waals surface area (Å²) in [5, 5.41) is 17.0. The van der Waals surface area contributed by atoms with Crippen LogP contribution in [0.25, 0.3) is 5.65 Å². The normalized spacial score (nSPS) is 16.0. The molecular weight excluding hydrogens is 477 g/mol. The van der Waals surface area contributed by atoms with Crippen LogP contribution in [0.15, 0.2) is 54.9 Å². The Labute approximate surface area is 211 Å². The van der Waals surface area contributed by atoms with Crippen molar-refractivity contribution in [1.82, 2.24) is 19.5 Å². The number of aromatic carboxylic acids is 1. The highest BCUT2D eigenvalue weighted by Crippen LogP contribution is 2.46. The first-order valence-corrected chi connectivity index (χ1v) is 12.0. The van der Waals surface area contributed by atoms with E-state index in [1.54, 1.807) is 11.0 Å². The van der Waals surface area contributed by atoms with E-state index in [1.165, 1.54) is 29.0 Å². The topological polar surface area (TPSA) is 109 Å². The third-order valence-corrected chi connectivity index (χ3v) is 7.30. The molecule has 2 aromatic carbocycles. The van der Waals surface area contributed by atoms with Gasteiger partial charge in [-0.25, -0.2) is 14.2 Å². The van der Waals surface area contributed by atoms with Crippen molar-refractivity contribution in [3.63, 3.8) is 0 Å². The summed E-state index contributed by atoms with van der Waals surface area (Å²) in [7, 11) is 0. The number of aryl methyl sites for hydroxylation is 1. The van der Waals surface area contributed by atoms with E-state index in [0.717, 1.165) is 16.8 Å². The molecule has 2 aromatic heterocycles. The Balaban J connectivity index is 1.32. The molecule has 2 aliphatic rings. The first-order valence-electron chi connectivity index (χ1n) is 12.0. The van der Waals surface area contributed by atoms with E-state index < -0.39 is 5.97 Å². The predicted molar refractivity (Wildman–Crippen MR) is 133 cm³/mol. The summed E-state index contributed by atoms with van der Waals surface area (Å²) >= 11 is 0. The van der Waals surface area contributed by atoms with Gasteiger partial charge in [0.2, 0.25) is 0 Å².